The van der Waals surface area contributed by atoms with Gasteiger partial charge in [0.05, 0.1) is 18.7 Å². The lowest BCUT2D eigenvalue weighted by Crippen LogP contribution is -2.47. The molecule has 2 aliphatic rings. The van der Waals surface area contributed by atoms with Gasteiger partial charge in [-0.25, -0.2) is 15.0 Å². The number of carbonyl (C=O) groups excluding carboxylic acids is 3. The zero-order chi connectivity index (χ0) is 32.7. The Bertz CT molecular complexity index is 1820. The third-order valence-corrected chi connectivity index (χ3v) is 9.31. The van der Waals surface area contributed by atoms with Gasteiger partial charge >= 0.3 is 0 Å². The van der Waals surface area contributed by atoms with Gasteiger partial charge in [0.2, 0.25) is 11.8 Å². The number of halogens is 1. The Morgan fingerprint density at radius 1 is 1.09 bits per heavy atom. The van der Waals surface area contributed by atoms with E-state index >= 15 is 0 Å². The molecule has 1 saturated heterocycles. The van der Waals surface area contributed by atoms with Crippen molar-refractivity contribution < 1.29 is 19.1 Å². The number of ether oxygens (including phenoxy) is 1. The summed E-state index contributed by atoms with van der Waals surface area (Å²) in [5.74, 6) is 0.369. The van der Waals surface area contributed by atoms with Crippen LogP contribution >= 0.6 is 15.9 Å². The minimum absolute atomic E-state index is 0.122. The van der Waals surface area contributed by atoms with Gasteiger partial charge in [-0.2, -0.15) is 5.10 Å². The zero-order valence-electron chi connectivity index (χ0n) is 26.6. The second kappa shape index (κ2) is 12.6. The van der Waals surface area contributed by atoms with Gasteiger partial charge < -0.3 is 19.9 Å². The van der Waals surface area contributed by atoms with E-state index in [1.165, 1.54) is 6.92 Å². The molecule has 0 bridgehead atoms. The summed E-state index contributed by atoms with van der Waals surface area (Å²) in [5.41, 5.74) is 3.11. The number of amides is 2. The van der Waals surface area contributed by atoms with Crippen LogP contribution in [0.4, 0.5) is 5.82 Å². The largest absolute Gasteiger partial charge is 0.379 e. The van der Waals surface area contributed by atoms with Crippen molar-refractivity contribution in [1.29, 1.82) is 0 Å². The summed E-state index contributed by atoms with van der Waals surface area (Å²) in [4.78, 5) is 57.4. The number of rotatable bonds is 11. The second-order valence-corrected chi connectivity index (χ2v) is 13.4. The minimum Gasteiger partial charge on any atom is -0.379 e. The molecular weight excluding hydrogens is 652 g/mol. The number of aromatic nitrogens is 5. The van der Waals surface area contributed by atoms with E-state index in [2.05, 4.69) is 46.2 Å². The highest BCUT2D eigenvalue weighted by Gasteiger charge is 2.67. The average molecular weight is 690 g/mol. The van der Waals surface area contributed by atoms with Crippen LogP contribution in [-0.2, 0) is 20.9 Å². The van der Waals surface area contributed by atoms with E-state index in [9.17, 15) is 14.4 Å². The van der Waals surface area contributed by atoms with Gasteiger partial charge in [-0.15, -0.1) is 0 Å². The molecule has 4 aromatic rings. The highest BCUT2D eigenvalue weighted by molar-refractivity contribution is 9.10. The highest BCUT2D eigenvalue weighted by Crippen LogP contribution is 2.60. The first-order valence-corrected chi connectivity index (χ1v) is 16.0. The maximum Gasteiger partial charge on any atom is 0.248 e. The number of aryl methyl sites for hydroxylation is 2. The Morgan fingerprint density at radius 3 is 2.57 bits per heavy atom. The van der Waals surface area contributed by atoms with E-state index < -0.39 is 6.04 Å². The van der Waals surface area contributed by atoms with Crippen molar-refractivity contribution in [2.45, 2.75) is 52.2 Å². The number of ketones is 1. The van der Waals surface area contributed by atoms with Crippen molar-refractivity contribution >= 4 is 50.2 Å². The van der Waals surface area contributed by atoms with E-state index in [4.69, 9.17) is 4.74 Å². The van der Waals surface area contributed by atoms with Crippen molar-refractivity contribution in [1.82, 2.24) is 34.5 Å². The Balaban J connectivity index is 1.28. The molecule has 1 saturated carbocycles. The molecule has 4 heterocycles. The van der Waals surface area contributed by atoms with Crippen LogP contribution in [0, 0.1) is 19.3 Å². The maximum absolute atomic E-state index is 14.2. The van der Waals surface area contributed by atoms with E-state index in [1.54, 1.807) is 22.0 Å². The maximum atomic E-state index is 14.2. The number of carbonyl (C=O) groups is 3. The second-order valence-electron chi connectivity index (χ2n) is 12.6. The van der Waals surface area contributed by atoms with Crippen molar-refractivity contribution in [3.63, 3.8) is 0 Å². The number of likely N-dealkylation sites (tertiary alicyclic amines) is 1. The number of benzene rings is 1. The van der Waals surface area contributed by atoms with Crippen LogP contribution in [-0.4, -0.2) is 98.1 Å². The number of anilines is 1. The molecule has 1 aromatic carbocycles. The van der Waals surface area contributed by atoms with E-state index in [0.717, 1.165) is 29.7 Å². The van der Waals surface area contributed by atoms with Crippen molar-refractivity contribution in [2.75, 3.05) is 39.2 Å². The summed E-state index contributed by atoms with van der Waals surface area (Å²) in [5, 5.41) is 8.18. The number of hydrogen-bond acceptors (Lipinski definition) is 9. The molecule has 1 unspecified atom stereocenters. The fraction of sp³-hybridized carbons (Fsp3) is 0.424. The number of Topliss-reactive ketones (excluding diaryl/α,β-unsaturated/α-hetero) is 1. The molecule has 3 atom stereocenters. The number of likely N-dealkylation sites (N-methyl/N-ethyl adjacent to an activating group) is 1. The molecule has 1 aliphatic carbocycles. The number of piperidine rings is 1. The summed E-state index contributed by atoms with van der Waals surface area (Å²) in [7, 11) is 3.98. The molecule has 2 amide bonds. The smallest absolute Gasteiger partial charge is 0.248 e. The van der Waals surface area contributed by atoms with E-state index in [-0.39, 0.29) is 41.3 Å². The fourth-order valence-corrected chi connectivity index (χ4v) is 6.57. The molecular formula is C33H37BrN8O4. The van der Waals surface area contributed by atoms with Gasteiger partial charge in [-0.1, -0.05) is 12.1 Å². The average Bonchev–Trinajstić information content (AvgIpc) is 3.43. The normalized spacial score (nSPS) is 20.3. The first-order valence-electron chi connectivity index (χ1n) is 15.2. The van der Waals surface area contributed by atoms with E-state index in [1.807, 2.05) is 58.3 Å². The first-order chi connectivity index (χ1) is 22.0. The van der Waals surface area contributed by atoms with Crippen LogP contribution < -0.4 is 5.32 Å². The molecule has 0 spiro atoms. The van der Waals surface area contributed by atoms with Gasteiger partial charge in [0.1, 0.15) is 34.5 Å². The van der Waals surface area contributed by atoms with Crippen LogP contribution in [0.3, 0.4) is 0 Å². The van der Waals surface area contributed by atoms with Crippen molar-refractivity contribution in [3.8, 4) is 11.1 Å². The van der Waals surface area contributed by atoms with Gasteiger partial charge in [-0.05, 0) is 86.0 Å². The van der Waals surface area contributed by atoms with Crippen LogP contribution in [0.1, 0.15) is 41.6 Å². The topological polar surface area (TPSA) is 135 Å². The van der Waals surface area contributed by atoms with Crippen LogP contribution in [0.5, 0.6) is 0 Å². The zero-order valence-corrected chi connectivity index (χ0v) is 28.2. The van der Waals surface area contributed by atoms with Crippen LogP contribution in [0.2, 0.25) is 0 Å². The summed E-state index contributed by atoms with van der Waals surface area (Å²) < 4.78 is 8.22. The predicted octanol–water partition coefficient (Wildman–Crippen LogP) is 4.05. The quantitative estimate of drug-likeness (QED) is 0.141. The molecule has 13 heteroatoms. The number of pyridine rings is 1. The molecule has 46 heavy (non-hydrogen) atoms. The SMILES string of the molecule is CC(=O)c1nn(CC(=O)N2C3C[C@]3(COCCN(C)C)C[C@H]2C(=O)Nc2nc(Br)ccc2C)c2ccc(-c3cnc(C)nc3)cc12. The van der Waals surface area contributed by atoms with Gasteiger partial charge in [-0.3, -0.25) is 19.1 Å². The molecule has 12 nitrogen and oxygen atoms in total. The molecule has 1 aliphatic heterocycles. The summed E-state index contributed by atoms with van der Waals surface area (Å²) in [6.07, 6.45) is 4.73. The molecule has 3 aromatic heterocycles. The lowest BCUT2D eigenvalue weighted by atomic mass is 10.00. The fourth-order valence-electron chi connectivity index (χ4n) is 6.27. The van der Waals surface area contributed by atoms with Gasteiger partial charge in [0, 0.05) is 48.3 Å². The van der Waals surface area contributed by atoms with Crippen molar-refractivity contribution in [3.05, 3.63) is 64.4 Å². The number of fused-ring (bicyclic) bond motifs is 2. The number of nitrogens with zero attached hydrogens (tertiary/aromatic N) is 7. The van der Waals surface area contributed by atoms with Crippen LogP contribution in [0.15, 0.2) is 47.3 Å². The van der Waals surface area contributed by atoms with Crippen LogP contribution in [0.25, 0.3) is 22.0 Å². The molecule has 1 N–H and O–H groups in total. The van der Waals surface area contributed by atoms with E-state index in [0.29, 0.717) is 46.8 Å². The summed E-state index contributed by atoms with van der Waals surface area (Å²) >= 11 is 3.38. The molecule has 2 fully saturated rings. The third kappa shape index (κ3) is 6.31. The summed E-state index contributed by atoms with van der Waals surface area (Å²) in [6, 6.07) is 8.48. The lowest BCUT2D eigenvalue weighted by Gasteiger charge is -2.27. The lowest BCUT2D eigenvalue weighted by molar-refractivity contribution is -0.138. The number of nitrogens with one attached hydrogen (secondary N) is 1. The molecule has 0 radical (unpaired) electrons. The van der Waals surface area contributed by atoms with Gasteiger partial charge in [0.15, 0.2) is 5.78 Å². The highest BCUT2D eigenvalue weighted by atomic mass is 79.9. The minimum atomic E-state index is -0.703. The first kappa shape index (κ1) is 31.9. The standard InChI is InChI=1S/C33H37BrN8O4/c1-19-6-9-28(34)37-31(19)38-32(45)26-13-33(18-46-11-10-40(4)5)14-27(33)42(26)29(44)17-41-25-8-7-22(23-15-35-21(3)36-16-23)12-24(25)30(39-41)20(2)43/h6-9,12,15-16,26-27H,10-11,13-14,17-18H2,1-5H3,(H,37,38,45)/t26-,27?,33-/m0/s1. The Morgan fingerprint density at radius 2 is 1.85 bits per heavy atom. The Labute approximate surface area is 275 Å². The third-order valence-electron chi connectivity index (χ3n) is 8.87. The molecule has 240 valence electrons. The monoisotopic (exact) mass is 688 g/mol. The van der Waals surface area contributed by atoms with Gasteiger partial charge in [0.25, 0.3) is 0 Å². The summed E-state index contributed by atoms with van der Waals surface area (Å²) in [6.45, 7) is 6.85. The van der Waals surface area contributed by atoms with Crippen molar-refractivity contribution in [2.24, 2.45) is 5.41 Å². The molecule has 6 rings (SSSR count). The number of hydrogen-bond donors (Lipinski definition) is 1. The Kier molecular flexibility index (Phi) is 8.75. The predicted molar refractivity (Wildman–Crippen MR) is 176 cm³/mol. The Hall–Kier alpha value is -4.07.